The van der Waals surface area contributed by atoms with Gasteiger partial charge >= 0.3 is 5.97 Å². The molecule has 0 saturated carbocycles. The molecule has 0 radical (unpaired) electrons. The van der Waals surface area contributed by atoms with Crippen LogP contribution in [0.25, 0.3) is 0 Å². The number of aromatic hydroxyl groups is 1. The number of hydrogen-bond donors (Lipinski definition) is 4. The molecule has 0 aliphatic rings. The summed E-state index contributed by atoms with van der Waals surface area (Å²) in [5.41, 5.74) is 0.397. The molecule has 164 valence electrons. The van der Waals surface area contributed by atoms with Gasteiger partial charge in [-0.05, 0) is 54.6 Å². The first-order valence-corrected chi connectivity index (χ1v) is 10.5. The molecule has 1 aromatic heterocycles. The van der Waals surface area contributed by atoms with Crippen molar-refractivity contribution in [3.05, 3.63) is 72.4 Å². The van der Waals surface area contributed by atoms with Crippen LogP contribution in [0.3, 0.4) is 0 Å². The van der Waals surface area contributed by atoms with Crippen LogP contribution < -0.4 is 10.0 Å². The number of rotatable bonds is 8. The number of sulfonamides is 1. The van der Waals surface area contributed by atoms with Gasteiger partial charge in [-0.25, -0.2) is 13.4 Å². The molecule has 4 N–H and O–H groups in total. The van der Waals surface area contributed by atoms with Crippen molar-refractivity contribution in [1.82, 2.24) is 10.3 Å². The number of aromatic nitrogens is 1. The van der Waals surface area contributed by atoms with Crippen LogP contribution in [0.1, 0.15) is 10.4 Å². The van der Waals surface area contributed by atoms with Gasteiger partial charge in [0.25, 0.3) is 15.9 Å². The van der Waals surface area contributed by atoms with Gasteiger partial charge in [0, 0.05) is 6.20 Å². The number of pyridine rings is 1. The summed E-state index contributed by atoms with van der Waals surface area (Å²) in [5.74, 6) is -2.17. The van der Waals surface area contributed by atoms with Crippen LogP contribution in [-0.4, -0.2) is 42.0 Å². The SMILES string of the molecule is O=C(O)CNC(=O)c1cc(N=Nc2ccc(S(=O)(=O)Nc3ccccn3)cc2)ccc1O. The van der Waals surface area contributed by atoms with Crippen LogP contribution in [0.2, 0.25) is 0 Å². The van der Waals surface area contributed by atoms with Gasteiger partial charge in [-0.15, -0.1) is 0 Å². The third kappa shape index (κ3) is 5.86. The maximum absolute atomic E-state index is 12.4. The highest BCUT2D eigenvalue weighted by Gasteiger charge is 2.15. The lowest BCUT2D eigenvalue weighted by molar-refractivity contribution is -0.135. The van der Waals surface area contributed by atoms with Crippen molar-refractivity contribution in [3.63, 3.8) is 0 Å². The highest BCUT2D eigenvalue weighted by molar-refractivity contribution is 7.92. The number of hydrogen-bond acceptors (Lipinski definition) is 8. The van der Waals surface area contributed by atoms with Crippen molar-refractivity contribution in [2.75, 3.05) is 11.3 Å². The number of phenols is 1. The predicted octanol–water partition coefficient (Wildman–Crippen LogP) is 2.82. The molecule has 32 heavy (non-hydrogen) atoms. The number of nitrogens with one attached hydrogen (secondary N) is 2. The Bertz CT molecular complexity index is 1260. The second-order valence-corrected chi connectivity index (χ2v) is 7.97. The quantitative estimate of drug-likeness (QED) is 0.378. The Morgan fingerprint density at radius 2 is 1.66 bits per heavy atom. The molecule has 2 aromatic carbocycles. The van der Waals surface area contributed by atoms with Crippen molar-refractivity contribution < 1.29 is 28.2 Å². The average molecular weight is 455 g/mol. The van der Waals surface area contributed by atoms with Crippen LogP contribution in [0.5, 0.6) is 5.75 Å². The van der Waals surface area contributed by atoms with E-state index in [0.29, 0.717) is 5.69 Å². The van der Waals surface area contributed by atoms with E-state index in [1.807, 2.05) is 0 Å². The fourth-order valence-corrected chi connectivity index (χ4v) is 3.45. The minimum Gasteiger partial charge on any atom is -0.507 e. The topological polar surface area (TPSA) is 170 Å². The average Bonchev–Trinajstić information content (AvgIpc) is 2.77. The number of nitrogens with zero attached hydrogens (tertiary/aromatic N) is 3. The number of carbonyl (C=O) groups is 2. The molecular weight excluding hydrogens is 438 g/mol. The molecule has 11 nitrogen and oxygen atoms in total. The lowest BCUT2D eigenvalue weighted by Crippen LogP contribution is -2.29. The van der Waals surface area contributed by atoms with Crippen LogP contribution in [-0.2, 0) is 14.8 Å². The number of azo groups is 1. The predicted molar refractivity (Wildman–Crippen MR) is 114 cm³/mol. The van der Waals surface area contributed by atoms with E-state index in [2.05, 4.69) is 25.3 Å². The van der Waals surface area contributed by atoms with Crippen LogP contribution >= 0.6 is 0 Å². The van der Waals surface area contributed by atoms with Crippen LogP contribution in [0.15, 0.2) is 82.0 Å². The first kappa shape index (κ1) is 22.4. The number of aliphatic carboxylic acids is 1. The molecule has 3 aromatic rings. The van der Waals surface area contributed by atoms with E-state index in [0.717, 1.165) is 0 Å². The Balaban J connectivity index is 1.72. The second-order valence-electron chi connectivity index (χ2n) is 6.29. The normalized spacial score (nSPS) is 11.2. The zero-order chi connectivity index (χ0) is 23.1. The van der Waals surface area contributed by atoms with E-state index in [-0.39, 0.29) is 27.7 Å². The summed E-state index contributed by atoms with van der Waals surface area (Å²) in [5, 5.41) is 28.5. The lowest BCUT2D eigenvalue weighted by atomic mass is 10.1. The third-order valence-electron chi connectivity index (χ3n) is 3.96. The smallest absolute Gasteiger partial charge is 0.322 e. The van der Waals surface area contributed by atoms with Gasteiger partial charge in [-0.1, -0.05) is 6.07 Å². The number of carboxylic acids is 1. The maximum Gasteiger partial charge on any atom is 0.322 e. The first-order valence-electron chi connectivity index (χ1n) is 9.03. The van der Waals surface area contributed by atoms with Crippen molar-refractivity contribution in [2.45, 2.75) is 4.90 Å². The van der Waals surface area contributed by atoms with Gasteiger partial charge in [0.2, 0.25) is 0 Å². The number of anilines is 1. The zero-order valence-corrected chi connectivity index (χ0v) is 17.2. The molecule has 0 aliphatic carbocycles. The number of benzene rings is 2. The monoisotopic (exact) mass is 455 g/mol. The molecule has 0 aliphatic heterocycles. The van der Waals surface area contributed by atoms with Crippen LogP contribution in [0, 0.1) is 0 Å². The Morgan fingerprint density at radius 1 is 0.969 bits per heavy atom. The summed E-state index contributed by atoms with van der Waals surface area (Å²) in [6.07, 6.45) is 1.46. The van der Waals surface area contributed by atoms with E-state index in [9.17, 15) is 23.1 Å². The fourth-order valence-electron chi connectivity index (χ4n) is 2.45. The van der Waals surface area contributed by atoms with E-state index < -0.39 is 28.4 Å². The number of carbonyl (C=O) groups excluding carboxylic acids is 1. The lowest BCUT2D eigenvalue weighted by Gasteiger charge is -2.07. The van der Waals surface area contributed by atoms with E-state index in [1.165, 1.54) is 54.7 Å². The van der Waals surface area contributed by atoms with E-state index in [1.54, 1.807) is 12.1 Å². The summed E-state index contributed by atoms with van der Waals surface area (Å²) >= 11 is 0. The minimum atomic E-state index is -3.83. The van der Waals surface area contributed by atoms with Gasteiger partial charge in [0.05, 0.1) is 21.8 Å². The number of amides is 1. The summed E-state index contributed by atoms with van der Waals surface area (Å²) in [4.78, 5) is 26.5. The van der Waals surface area contributed by atoms with Crippen LogP contribution in [0.4, 0.5) is 17.2 Å². The Labute approximate surface area is 182 Å². The molecule has 0 saturated heterocycles. The fraction of sp³-hybridized carbons (Fsp3) is 0.0500. The summed E-state index contributed by atoms with van der Waals surface area (Å²) in [6, 6.07) is 14.3. The standard InChI is InChI=1S/C20H17N5O6S/c26-17-9-6-14(11-16(17)20(29)22-12-19(27)28)24-23-13-4-7-15(8-5-13)32(30,31)25-18-3-1-2-10-21-18/h1-11,26H,12H2,(H,21,25)(H,22,29)(H,27,28). The Morgan fingerprint density at radius 3 is 2.31 bits per heavy atom. The molecule has 0 spiro atoms. The summed E-state index contributed by atoms with van der Waals surface area (Å²) < 4.78 is 27.2. The molecule has 1 amide bonds. The largest absolute Gasteiger partial charge is 0.507 e. The van der Waals surface area contributed by atoms with Gasteiger partial charge in [0.1, 0.15) is 18.1 Å². The second kappa shape index (κ2) is 9.66. The highest BCUT2D eigenvalue weighted by Crippen LogP contribution is 2.26. The highest BCUT2D eigenvalue weighted by atomic mass is 32.2. The third-order valence-corrected chi connectivity index (χ3v) is 5.33. The molecule has 0 bridgehead atoms. The zero-order valence-electron chi connectivity index (χ0n) is 16.3. The minimum absolute atomic E-state index is 0.00382. The molecule has 0 fully saturated rings. The maximum atomic E-state index is 12.4. The Hall–Kier alpha value is -4.32. The van der Waals surface area contributed by atoms with Gasteiger partial charge < -0.3 is 15.5 Å². The number of carboxylic acid groups (broad SMARTS) is 1. The summed E-state index contributed by atoms with van der Waals surface area (Å²) in [7, 11) is -3.83. The number of phenolic OH excluding ortho intramolecular Hbond substituents is 1. The van der Waals surface area contributed by atoms with Crippen molar-refractivity contribution in [1.29, 1.82) is 0 Å². The molecule has 3 rings (SSSR count). The molecule has 0 atom stereocenters. The molecular formula is C20H17N5O6S. The molecule has 0 unspecified atom stereocenters. The van der Waals surface area contributed by atoms with Gasteiger partial charge in [-0.2, -0.15) is 10.2 Å². The van der Waals surface area contributed by atoms with Crippen molar-refractivity contribution in [2.24, 2.45) is 10.2 Å². The van der Waals surface area contributed by atoms with E-state index >= 15 is 0 Å². The van der Waals surface area contributed by atoms with E-state index in [4.69, 9.17) is 5.11 Å². The van der Waals surface area contributed by atoms with Gasteiger partial charge in [0.15, 0.2) is 0 Å². The Kier molecular flexibility index (Phi) is 6.75. The molecule has 1 heterocycles. The van der Waals surface area contributed by atoms with Crippen molar-refractivity contribution >= 4 is 39.1 Å². The first-order chi connectivity index (χ1) is 15.2. The summed E-state index contributed by atoms with van der Waals surface area (Å²) in [6.45, 7) is -0.603. The van der Waals surface area contributed by atoms with Gasteiger partial charge in [-0.3, -0.25) is 14.3 Å². The molecule has 12 heteroatoms. The van der Waals surface area contributed by atoms with Crippen molar-refractivity contribution in [3.8, 4) is 5.75 Å².